The Kier molecular flexibility index (Phi) is 6.14. The van der Waals surface area contributed by atoms with Crippen LogP contribution in [0, 0.1) is 21.4 Å². The highest BCUT2D eigenvalue weighted by Crippen LogP contribution is 2.27. The van der Waals surface area contributed by atoms with Gasteiger partial charge in [0.2, 0.25) is 0 Å². The standard InChI is InChI=1S/C17H13ClN4O4/c1-26-16-7-6-12(8-13(16)18)21-17(23)11(9-19)10-20-14-4-2-3-5-15(14)22(24)25/h2-8,10,20H,1H3,(H,21,23)/b11-10-. The van der Waals surface area contributed by atoms with E-state index >= 15 is 0 Å². The topological polar surface area (TPSA) is 117 Å². The lowest BCUT2D eigenvalue weighted by Gasteiger charge is -2.08. The Morgan fingerprint density at radius 1 is 1.35 bits per heavy atom. The van der Waals surface area contributed by atoms with Crippen molar-refractivity contribution in [2.45, 2.75) is 0 Å². The predicted octanol–water partition coefficient (Wildman–Crippen LogP) is 3.71. The summed E-state index contributed by atoms with van der Waals surface area (Å²) in [5.41, 5.74) is 0.0802. The number of ether oxygens (including phenoxy) is 1. The number of nitrogens with zero attached hydrogens (tertiary/aromatic N) is 2. The molecular weight excluding hydrogens is 360 g/mol. The van der Waals surface area contributed by atoms with Gasteiger partial charge in [0.1, 0.15) is 23.1 Å². The van der Waals surface area contributed by atoms with E-state index in [1.165, 1.54) is 31.4 Å². The van der Waals surface area contributed by atoms with Crippen molar-refractivity contribution in [3.63, 3.8) is 0 Å². The highest BCUT2D eigenvalue weighted by atomic mass is 35.5. The zero-order chi connectivity index (χ0) is 19.1. The van der Waals surface area contributed by atoms with Crippen LogP contribution in [-0.2, 0) is 4.79 Å². The van der Waals surface area contributed by atoms with Crippen molar-refractivity contribution in [3.05, 3.63) is 69.4 Å². The fourth-order valence-electron chi connectivity index (χ4n) is 2.00. The zero-order valence-electron chi connectivity index (χ0n) is 13.5. The quantitative estimate of drug-likeness (QED) is 0.345. The summed E-state index contributed by atoms with van der Waals surface area (Å²) in [6.07, 6.45) is 1.10. The van der Waals surface area contributed by atoms with Gasteiger partial charge in [-0.05, 0) is 24.3 Å². The highest BCUT2D eigenvalue weighted by Gasteiger charge is 2.14. The van der Waals surface area contributed by atoms with Crippen molar-refractivity contribution in [2.75, 3.05) is 17.7 Å². The number of methoxy groups -OCH3 is 1. The highest BCUT2D eigenvalue weighted by molar-refractivity contribution is 6.32. The van der Waals surface area contributed by atoms with Gasteiger partial charge in [0.25, 0.3) is 11.6 Å². The van der Waals surface area contributed by atoms with E-state index in [9.17, 15) is 14.9 Å². The lowest BCUT2D eigenvalue weighted by atomic mass is 10.2. The molecule has 0 atom stereocenters. The number of nitro groups is 1. The molecule has 0 radical (unpaired) electrons. The van der Waals surface area contributed by atoms with Crippen molar-refractivity contribution >= 4 is 34.6 Å². The molecule has 2 aromatic rings. The van der Waals surface area contributed by atoms with Crippen LogP contribution in [0.3, 0.4) is 0 Å². The first-order valence-corrected chi connectivity index (χ1v) is 7.59. The molecule has 2 aromatic carbocycles. The molecule has 0 fully saturated rings. The van der Waals surface area contributed by atoms with E-state index in [4.69, 9.17) is 21.6 Å². The monoisotopic (exact) mass is 372 g/mol. The van der Waals surface area contributed by atoms with Gasteiger partial charge < -0.3 is 15.4 Å². The number of carbonyl (C=O) groups is 1. The third kappa shape index (κ3) is 4.49. The summed E-state index contributed by atoms with van der Waals surface area (Å²) in [5.74, 6) is -0.251. The van der Waals surface area contributed by atoms with Gasteiger partial charge in [0.15, 0.2) is 0 Å². The van der Waals surface area contributed by atoms with Crippen molar-refractivity contribution < 1.29 is 14.5 Å². The van der Waals surface area contributed by atoms with Crippen LogP contribution in [0.2, 0.25) is 5.02 Å². The Morgan fingerprint density at radius 2 is 2.08 bits per heavy atom. The third-order valence-corrected chi connectivity index (χ3v) is 3.54. The van der Waals surface area contributed by atoms with Gasteiger partial charge >= 0.3 is 0 Å². The zero-order valence-corrected chi connectivity index (χ0v) is 14.3. The van der Waals surface area contributed by atoms with Gasteiger partial charge in [0.05, 0.1) is 17.1 Å². The fraction of sp³-hybridized carbons (Fsp3) is 0.0588. The molecule has 0 spiro atoms. The van der Waals surface area contributed by atoms with Crippen LogP contribution in [0.4, 0.5) is 17.1 Å². The number of nitriles is 1. The second-order valence-corrected chi connectivity index (χ2v) is 5.30. The Labute approximate surface area is 153 Å². The minimum atomic E-state index is -0.695. The normalized spacial score (nSPS) is 10.6. The summed E-state index contributed by atoms with van der Waals surface area (Å²) in [6.45, 7) is 0. The lowest BCUT2D eigenvalue weighted by Crippen LogP contribution is -2.14. The molecular formula is C17H13ClN4O4. The average Bonchev–Trinajstić information content (AvgIpc) is 2.62. The molecule has 0 saturated heterocycles. The summed E-state index contributed by atoms with van der Waals surface area (Å²) in [4.78, 5) is 22.6. The van der Waals surface area contributed by atoms with E-state index in [-0.39, 0.29) is 16.9 Å². The fourth-order valence-corrected chi connectivity index (χ4v) is 2.25. The molecule has 9 heteroatoms. The summed E-state index contributed by atoms with van der Waals surface area (Å²) >= 11 is 5.98. The van der Waals surface area contributed by atoms with E-state index in [2.05, 4.69) is 10.6 Å². The Balaban J connectivity index is 2.16. The van der Waals surface area contributed by atoms with E-state index in [0.29, 0.717) is 16.5 Å². The first-order chi connectivity index (χ1) is 12.5. The molecule has 2 rings (SSSR count). The maximum Gasteiger partial charge on any atom is 0.292 e. The van der Waals surface area contributed by atoms with E-state index in [1.54, 1.807) is 24.3 Å². The Hall–Kier alpha value is -3.57. The first kappa shape index (κ1) is 18.8. The summed E-state index contributed by atoms with van der Waals surface area (Å²) in [7, 11) is 1.46. The number of hydrogen-bond acceptors (Lipinski definition) is 6. The third-order valence-electron chi connectivity index (χ3n) is 3.25. The molecule has 8 nitrogen and oxygen atoms in total. The number of benzene rings is 2. The van der Waals surface area contributed by atoms with Crippen LogP contribution in [0.25, 0.3) is 0 Å². The molecule has 132 valence electrons. The van der Waals surface area contributed by atoms with Crippen LogP contribution in [0.5, 0.6) is 5.75 Å². The van der Waals surface area contributed by atoms with Crippen LogP contribution in [0.1, 0.15) is 0 Å². The van der Waals surface area contributed by atoms with Crippen molar-refractivity contribution in [1.29, 1.82) is 5.26 Å². The van der Waals surface area contributed by atoms with Crippen LogP contribution in [-0.4, -0.2) is 17.9 Å². The van der Waals surface area contributed by atoms with Gasteiger partial charge in [-0.2, -0.15) is 5.26 Å². The maximum atomic E-state index is 12.2. The van der Waals surface area contributed by atoms with Gasteiger partial charge in [-0.3, -0.25) is 14.9 Å². The number of carbonyl (C=O) groups excluding carboxylic acids is 1. The molecule has 0 aromatic heterocycles. The van der Waals surface area contributed by atoms with Crippen molar-refractivity contribution in [2.24, 2.45) is 0 Å². The first-order valence-electron chi connectivity index (χ1n) is 7.21. The molecule has 26 heavy (non-hydrogen) atoms. The second kappa shape index (κ2) is 8.50. The average molecular weight is 373 g/mol. The van der Waals surface area contributed by atoms with Crippen LogP contribution in [0.15, 0.2) is 54.2 Å². The smallest absolute Gasteiger partial charge is 0.292 e. The lowest BCUT2D eigenvalue weighted by molar-refractivity contribution is -0.383. The minimum absolute atomic E-state index is 0.158. The number of amides is 1. The number of nitrogens with one attached hydrogen (secondary N) is 2. The number of nitro benzene ring substituents is 1. The SMILES string of the molecule is COc1ccc(NC(=O)/C(C#N)=C\Nc2ccccc2[N+](=O)[O-])cc1Cl. The van der Waals surface area contributed by atoms with Crippen molar-refractivity contribution in [1.82, 2.24) is 0 Å². The largest absolute Gasteiger partial charge is 0.495 e. The van der Waals surface area contributed by atoms with Crippen molar-refractivity contribution in [3.8, 4) is 11.8 Å². The number of para-hydroxylation sites is 2. The van der Waals surface area contributed by atoms with Gasteiger partial charge in [-0.25, -0.2) is 0 Å². The Bertz CT molecular complexity index is 921. The van der Waals surface area contributed by atoms with Gasteiger partial charge in [-0.1, -0.05) is 23.7 Å². The molecule has 0 aliphatic carbocycles. The number of anilines is 2. The molecule has 0 bridgehead atoms. The molecule has 2 N–H and O–H groups in total. The summed E-state index contributed by atoms with van der Waals surface area (Å²) in [6, 6.07) is 12.2. The van der Waals surface area contributed by atoms with Crippen LogP contribution >= 0.6 is 11.6 Å². The van der Waals surface area contributed by atoms with E-state index in [0.717, 1.165) is 6.20 Å². The molecule has 0 aliphatic rings. The minimum Gasteiger partial charge on any atom is -0.495 e. The van der Waals surface area contributed by atoms with Gasteiger partial charge in [-0.15, -0.1) is 0 Å². The molecule has 1 amide bonds. The predicted molar refractivity (Wildman–Crippen MR) is 97.0 cm³/mol. The molecule has 0 heterocycles. The van der Waals surface area contributed by atoms with Crippen LogP contribution < -0.4 is 15.4 Å². The molecule has 0 unspecified atom stereocenters. The number of rotatable bonds is 6. The van der Waals surface area contributed by atoms with E-state index < -0.39 is 10.8 Å². The maximum absolute atomic E-state index is 12.2. The second-order valence-electron chi connectivity index (χ2n) is 4.89. The summed E-state index contributed by atoms with van der Waals surface area (Å²) < 4.78 is 5.02. The number of hydrogen-bond donors (Lipinski definition) is 2. The number of halogens is 1. The summed E-state index contributed by atoms with van der Waals surface area (Å²) in [5, 5.41) is 25.6. The molecule has 0 saturated carbocycles. The Morgan fingerprint density at radius 3 is 2.69 bits per heavy atom. The molecule has 0 aliphatic heterocycles. The van der Waals surface area contributed by atoms with E-state index in [1.807, 2.05) is 0 Å². The van der Waals surface area contributed by atoms with Gasteiger partial charge in [0, 0.05) is 18.0 Å².